The first-order chi connectivity index (χ1) is 9.54. The molecule has 1 aliphatic rings. The normalized spacial score (nSPS) is 23.5. The van der Waals surface area contributed by atoms with Gasteiger partial charge in [0.05, 0.1) is 0 Å². The van der Waals surface area contributed by atoms with Crippen LogP contribution in [-0.2, 0) is 6.54 Å². The van der Waals surface area contributed by atoms with Crippen LogP contribution in [0.5, 0.6) is 0 Å². The molecule has 2 N–H and O–H groups in total. The lowest BCUT2D eigenvalue weighted by Crippen LogP contribution is -2.42. The Balaban J connectivity index is 2.01. The second kappa shape index (κ2) is 7.24. The first-order valence-electron chi connectivity index (χ1n) is 8.09. The lowest BCUT2D eigenvalue weighted by Gasteiger charge is -2.37. The van der Waals surface area contributed by atoms with E-state index in [1.54, 1.807) is 0 Å². The molecule has 2 heteroatoms. The summed E-state index contributed by atoms with van der Waals surface area (Å²) in [6.07, 6.45) is 4.90. The summed E-state index contributed by atoms with van der Waals surface area (Å²) in [5.41, 5.74) is 8.83. The number of rotatable bonds is 5. The Kier molecular flexibility index (Phi) is 5.62. The molecule has 0 spiro atoms. The van der Waals surface area contributed by atoms with Crippen molar-refractivity contribution < 1.29 is 0 Å². The zero-order chi connectivity index (χ0) is 14.5. The summed E-state index contributed by atoms with van der Waals surface area (Å²) in [4.78, 5) is 2.68. The number of hydrogen-bond donors (Lipinski definition) is 1. The fraction of sp³-hybridized carbons (Fsp3) is 0.667. The van der Waals surface area contributed by atoms with Crippen LogP contribution in [0, 0.1) is 12.8 Å². The van der Waals surface area contributed by atoms with Gasteiger partial charge in [0.15, 0.2) is 0 Å². The second-order valence-corrected chi connectivity index (χ2v) is 6.88. The van der Waals surface area contributed by atoms with Crippen molar-refractivity contribution in [3.63, 3.8) is 0 Å². The summed E-state index contributed by atoms with van der Waals surface area (Å²) in [5, 5.41) is 0. The number of hydrogen-bond acceptors (Lipinski definition) is 2. The minimum Gasteiger partial charge on any atom is -0.328 e. The molecule has 2 rings (SSSR count). The highest BCUT2D eigenvalue weighted by molar-refractivity contribution is 5.21. The van der Waals surface area contributed by atoms with Crippen LogP contribution in [0.3, 0.4) is 0 Å². The first kappa shape index (κ1) is 15.5. The molecule has 0 aliphatic heterocycles. The van der Waals surface area contributed by atoms with Crippen LogP contribution in [0.2, 0.25) is 0 Å². The van der Waals surface area contributed by atoms with Crippen molar-refractivity contribution in [1.82, 2.24) is 4.90 Å². The van der Waals surface area contributed by atoms with Crippen molar-refractivity contribution >= 4 is 0 Å². The van der Waals surface area contributed by atoms with Crippen LogP contribution in [0.1, 0.15) is 50.7 Å². The molecule has 20 heavy (non-hydrogen) atoms. The van der Waals surface area contributed by atoms with E-state index in [1.165, 1.54) is 43.4 Å². The first-order valence-corrected chi connectivity index (χ1v) is 8.09. The Labute approximate surface area is 124 Å². The van der Waals surface area contributed by atoms with E-state index < -0.39 is 0 Å². The summed E-state index contributed by atoms with van der Waals surface area (Å²) in [6.45, 7) is 9.05. The lowest BCUT2D eigenvalue weighted by molar-refractivity contribution is 0.127. The van der Waals surface area contributed by atoms with Gasteiger partial charge >= 0.3 is 0 Å². The molecule has 0 amide bonds. The van der Waals surface area contributed by atoms with Gasteiger partial charge in [0.2, 0.25) is 0 Å². The van der Waals surface area contributed by atoms with Gasteiger partial charge in [-0.2, -0.15) is 0 Å². The van der Waals surface area contributed by atoms with E-state index >= 15 is 0 Å². The largest absolute Gasteiger partial charge is 0.328 e. The third-order valence-electron chi connectivity index (χ3n) is 4.36. The predicted octanol–water partition coefficient (Wildman–Crippen LogP) is 3.72. The van der Waals surface area contributed by atoms with E-state index in [9.17, 15) is 0 Å². The van der Waals surface area contributed by atoms with Crippen molar-refractivity contribution in [2.75, 3.05) is 6.54 Å². The number of nitrogens with two attached hydrogens (primary N) is 1. The Morgan fingerprint density at radius 3 is 2.25 bits per heavy atom. The predicted molar refractivity (Wildman–Crippen MR) is 86.7 cm³/mol. The number of benzene rings is 1. The summed E-state index contributed by atoms with van der Waals surface area (Å²) in [7, 11) is 0. The smallest absolute Gasteiger partial charge is 0.0236 e. The average molecular weight is 274 g/mol. The van der Waals surface area contributed by atoms with Gasteiger partial charge in [0.1, 0.15) is 0 Å². The van der Waals surface area contributed by atoms with Gasteiger partial charge in [-0.3, -0.25) is 4.90 Å². The van der Waals surface area contributed by atoms with E-state index in [2.05, 4.69) is 49.9 Å². The molecule has 1 aliphatic carbocycles. The maximum absolute atomic E-state index is 6.05. The fourth-order valence-electron chi connectivity index (χ4n) is 3.21. The van der Waals surface area contributed by atoms with Crippen LogP contribution < -0.4 is 5.73 Å². The molecule has 0 unspecified atom stereocenters. The molecule has 2 nitrogen and oxygen atoms in total. The van der Waals surface area contributed by atoms with Gasteiger partial charge in [-0.1, -0.05) is 43.7 Å². The topological polar surface area (TPSA) is 29.3 Å². The van der Waals surface area contributed by atoms with Gasteiger partial charge in [-0.25, -0.2) is 0 Å². The molecule has 0 atom stereocenters. The molecule has 0 heterocycles. The minimum atomic E-state index is 0.437. The summed E-state index contributed by atoms with van der Waals surface area (Å²) < 4.78 is 0. The monoisotopic (exact) mass is 274 g/mol. The summed E-state index contributed by atoms with van der Waals surface area (Å²) in [6, 6.07) is 10.2. The van der Waals surface area contributed by atoms with Gasteiger partial charge < -0.3 is 5.73 Å². The van der Waals surface area contributed by atoms with Crippen LogP contribution in [0.25, 0.3) is 0 Å². The Hall–Kier alpha value is -0.860. The third-order valence-corrected chi connectivity index (χ3v) is 4.36. The van der Waals surface area contributed by atoms with Crippen molar-refractivity contribution in [2.45, 2.75) is 65.1 Å². The Bertz CT molecular complexity index is 388. The standard InChI is InChI=1S/C18H30N2/c1-14(2)12-20(18-10-8-17(19)9-11-18)13-16-6-4-15(3)5-7-16/h4-7,14,17-18H,8-13,19H2,1-3H3/t17-,18-. The average Bonchev–Trinajstić information content (AvgIpc) is 2.41. The second-order valence-electron chi connectivity index (χ2n) is 6.88. The van der Waals surface area contributed by atoms with Gasteiger partial charge in [0.25, 0.3) is 0 Å². The number of nitrogens with zero attached hydrogens (tertiary/aromatic N) is 1. The molecule has 1 saturated carbocycles. The highest BCUT2D eigenvalue weighted by atomic mass is 15.2. The molecule has 0 radical (unpaired) electrons. The maximum atomic E-state index is 6.05. The highest BCUT2D eigenvalue weighted by Gasteiger charge is 2.24. The fourth-order valence-corrected chi connectivity index (χ4v) is 3.21. The molecule has 1 fully saturated rings. The van der Waals surface area contributed by atoms with Crippen LogP contribution in [0.4, 0.5) is 0 Å². The van der Waals surface area contributed by atoms with Crippen LogP contribution >= 0.6 is 0 Å². The number of aryl methyl sites for hydroxylation is 1. The Morgan fingerprint density at radius 1 is 1.10 bits per heavy atom. The van der Waals surface area contributed by atoms with E-state index in [1.807, 2.05) is 0 Å². The lowest BCUT2D eigenvalue weighted by atomic mass is 9.90. The van der Waals surface area contributed by atoms with E-state index in [4.69, 9.17) is 5.73 Å². The SMILES string of the molecule is Cc1ccc(CN(CC(C)C)[C@H]2CC[C@H](N)CC2)cc1. The molecule has 1 aromatic carbocycles. The molecular formula is C18H30N2. The Morgan fingerprint density at radius 2 is 1.70 bits per heavy atom. The van der Waals surface area contributed by atoms with Gasteiger partial charge in [-0.05, 0) is 44.1 Å². The molecular weight excluding hydrogens is 244 g/mol. The maximum Gasteiger partial charge on any atom is 0.0236 e. The molecule has 0 aromatic heterocycles. The zero-order valence-corrected chi connectivity index (χ0v) is 13.3. The van der Waals surface area contributed by atoms with Crippen molar-refractivity contribution in [1.29, 1.82) is 0 Å². The van der Waals surface area contributed by atoms with E-state index in [-0.39, 0.29) is 0 Å². The van der Waals surface area contributed by atoms with Crippen molar-refractivity contribution in [3.8, 4) is 0 Å². The summed E-state index contributed by atoms with van der Waals surface area (Å²) >= 11 is 0. The summed E-state index contributed by atoms with van der Waals surface area (Å²) in [5.74, 6) is 0.719. The van der Waals surface area contributed by atoms with E-state index in [0.717, 1.165) is 18.5 Å². The van der Waals surface area contributed by atoms with Gasteiger partial charge in [0, 0.05) is 25.2 Å². The molecule has 0 bridgehead atoms. The van der Waals surface area contributed by atoms with Crippen molar-refractivity contribution in [3.05, 3.63) is 35.4 Å². The van der Waals surface area contributed by atoms with Crippen LogP contribution in [-0.4, -0.2) is 23.5 Å². The van der Waals surface area contributed by atoms with Gasteiger partial charge in [-0.15, -0.1) is 0 Å². The highest BCUT2D eigenvalue weighted by Crippen LogP contribution is 2.24. The van der Waals surface area contributed by atoms with Crippen molar-refractivity contribution in [2.24, 2.45) is 11.7 Å². The quantitative estimate of drug-likeness (QED) is 0.886. The molecule has 0 saturated heterocycles. The molecule has 1 aromatic rings. The third kappa shape index (κ3) is 4.60. The van der Waals surface area contributed by atoms with E-state index in [0.29, 0.717) is 6.04 Å². The van der Waals surface area contributed by atoms with Crippen LogP contribution in [0.15, 0.2) is 24.3 Å². The zero-order valence-electron chi connectivity index (χ0n) is 13.3. The minimum absolute atomic E-state index is 0.437. The molecule has 112 valence electrons.